The fourth-order valence-electron chi connectivity index (χ4n) is 3.15. The van der Waals surface area contributed by atoms with E-state index in [1.807, 2.05) is 7.11 Å². The summed E-state index contributed by atoms with van der Waals surface area (Å²) in [6.45, 7) is 0. The van der Waals surface area contributed by atoms with Crippen LogP contribution < -0.4 is 37.3 Å². The molecule has 0 bridgehead atoms. The quantitative estimate of drug-likeness (QED) is 0.239. The summed E-state index contributed by atoms with van der Waals surface area (Å²) in [5.41, 5.74) is 1.65. The van der Waals surface area contributed by atoms with Crippen molar-refractivity contribution in [2.24, 2.45) is 5.92 Å². The van der Waals surface area contributed by atoms with E-state index in [9.17, 15) is 0 Å². The second kappa shape index (κ2) is 16.8. The van der Waals surface area contributed by atoms with E-state index in [1.165, 1.54) is 51.4 Å². The van der Waals surface area contributed by atoms with Gasteiger partial charge in [-0.3, -0.25) is 0 Å². The van der Waals surface area contributed by atoms with Crippen molar-refractivity contribution < 1.29 is 82.9 Å². The van der Waals surface area contributed by atoms with Crippen LogP contribution in [0.1, 0.15) is 51.4 Å². The van der Waals surface area contributed by atoms with Crippen LogP contribution in [0.3, 0.4) is 0 Å². The monoisotopic (exact) mass is 550 g/mol. The first kappa shape index (κ1) is 31.3. The summed E-state index contributed by atoms with van der Waals surface area (Å²) in [5, 5.41) is 0. The van der Waals surface area contributed by atoms with E-state index < -0.39 is 20.5 Å². The van der Waals surface area contributed by atoms with Gasteiger partial charge in [-0.25, -0.2) is 37.3 Å². The van der Waals surface area contributed by atoms with Crippen LogP contribution in [0.15, 0.2) is 36.0 Å². The topological polar surface area (TPSA) is 194 Å². The van der Waals surface area contributed by atoms with Crippen LogP contribution in [0.2, 0.25) is 0 Å². The third-order valence-electron chi connectivity index (χ3n) is 4.16. The van der Waals surface area contributed by atoms with Gasteiger partial charge < -0.3 is 4.74 Å². The van der Waals surface area contributed by atoms with Gasteiger partial charge in [0.15, 0.2) is 0 Å². The average molecular weight is 552 g/mol. The van der Waals surface area contributed by atoms with Crippen molar-refractivity contribution in [2.45, 2.75) is 57.5 Å². The van der Waals surface area contributed by atoms with Gasteiger partial charge in [0.2, 0.25) is 0 Å². The SMILES string of the molecule is COC1CC/C=C\CCC1/C1=C/CC/C=C\CC1.[O-][Cl+3]([O-])([O-])[O-].[O-][Cl+3]([O-])([O-])[O-].[Pd+2]. The largest absolute Gasteiger partial charge is 2.00 e. The summed E-state index contributed by atoms with van der Waals surface area (Å²) in [6.07, 6.45) is 21.9. The molecule has 9 nitrogen and oxygen atoms in total. The molecule has 0 aliphatic heterocycles. The van der Waals surface area contributed by atoms with E-state index in [0.717, 1.165) is 0 Å². The Morgan fingerprint density at radius 3 is 1.69 bits per heavy atom. The second-order valence-corrected chi connectivity index (χ2v) is 7.64. The van der Waals surface area contributed by atoms with Gasteiger partial charge in [0.1, 0.15) is 0 Å². The van der Waals surface area contributed by atoms with Gasteiger partial charge >= 0.3 is 20.4 Å². The van der Waals surface area contributed by atoms with E-state index in [-0.39, 0.29) is 20.4 Å². The molecular weight excluding hydrogens is 526 g/mol. The van der Waals surface area contributed by atoms with Crippen LogP contribution in [0.4, 0.5) is 0 Å². The van der Waals surface area contributed by atoms with Crippen molar-refractivity contribution in [1.82, 2.24) is 0 Å². The van der Waals surface area contributed by atoms with E-state index in [1.54, 1.807) is 5.57 Å². The second-order valence-electron chi connectivity index (χ2n) is 6.13. The molecule has 0 amide bonds. The maximum Gasteiger partial charge on any atom is 2.00 e. The zero-order chi connectivity index (χ0) is 21.6. The van der Waals surface area contributed by atoms with Crippen LogP contribution in [0, 0.1) is 26.4 Å². The summed E-state index contributed by atoms with van der Waals surface area (Å²) in [4.78, 5) is 0. The van der Waals surface area contributed by atoms with Crippen molar-refractivity contribution in [2.75, 3.05) is 7.11 Å². The van der Waals surface area contributed by atoms with Gasteiger partial charge in [0.05, 0.1) is 6.10 Å². The first-order chi connectivity index (χ1) is 12.9. The molecule has 2 rings (SSSR count). The molecular formula is C17H26Cl2O9Pd. The van der Waals surface area contributed by atoms with Crippen LogP contribution >= 0.6 is 0 Å². The Morgan fingerprint density at radius 2 is 1.17 bits per heavy atom. The standard InChI is InChI=1S/C17H26O.2ClHO4.Pd/c1-18-17-14-10-6-5-9-13-16(17)15-11-7-3-2-4-8-12-15;2*2-1(3,4)5;/h2-3,5-6,12,16-17H,4,7-11,13-14H2,1H3;2*(H,2,3,4,5);/q;;;+2/p-2/b3-2-,6-5-,15-12+;;;. The number of ether oxygens (including phenoxy) is 1. The van der Waals surface area contributed by atoms with E-state index in [2.05, 4.69) is 30.4 Å². The molecule has 0 aromatic rings. The first-order valence-corrected chi connectivity index (χ1v) is 11.1. The molecule has 0 aromatic carbocycles. The molecule has 0 aromatic heterocycles. The van der Waals surface area contributed by atoms with Gasteiger partial charge in [-0.05, 0) is 51.4 Å². The summed E-state index contributed by atoms with van der Waals surface area (Å²) in [5.74, 6) is 0.645. The van der Waals surface area contributed by atoms with Gasteiger partial charge in [-0.1, -0.05) is 36.0 Å². The van der Waals surface area contributed by atoms with Crippen LogP contribution in [-0.2, 0) is 25.2 Å². The normalized spacial score (nSPS) is 26.7. The Hall–Kier alpha value is 0.102. The molecule has 29 heavy (non-hydrogen) atoms. The van der Waals surface area contributed by atoms with Gasteiger partial charge in [0, 0.05) is 13.0 Å². The smallest absolute Gasteiger partial charge is 0.381 e. The fourth-order valence-corrected chi connectivity index (χ4v) is 3.15. The van der Waals surface area contributed by atoms with E-state index in [4.69, 9.17) is 42.0 Å². The van der Waals surface area contributed by atoms with Crippen LogP contribution in [0.5, 0.6) is 0 Å². The van der Waals surface area contributed by atoms with Gasteiger partial charge in [-0.15, -0.1) is 20.5 Å². The summed E-state index contributed by atoms with van der Waals surface area (Å²) < 4.78 is 73.7. The minimum Gasteiger partial charge on any atom is -0.381 e. The maximum atomic E-state index is 8.49. The Labute approximate surface area is 189 Å². The summed E-state index contributed by atoms with van der Waals surface area (Å²) in [7, 11) is -8.01. The number of allylic oxidation sites excluding steroid dienone is 5. The molecule has 0 saturated carbocycles. The first-order valence-electron chi connectivity index (χ1n) is 8.67. The molecule has 0 N–H and O–H groups in total. The minimum absolute atomic E-state index is 0. The Bertz CT molecular complexity index is 478. The van der Waals surface area contributed by atoms with E-state index in [0.29, 0.717) is 12.0 Å². The van der Waals surface area contributed by atoms with Crippen molar-refractivity contribution in [3.63, 3.8) is 0 Å². The molecule has 0 radical (unpaired) electrons. The minimum atomic E-state index is -4.94. The van der Waals surface area contributed by atoms with E-state index >= 15 is 0 Å². The molecule has 2 aliphatic carbocycles. The fraction of sp³-hybridized carbons (Fsp3) is 0.647. The van der Waals surface area contributed by atoms with Crippen molar-refractivity contribution >= 4 is 0 Å². The predicted molar refractivity (Wildman–Crippen MR) is 77.6 cm³/mol. The summed E-state index contributed by atoms with van der Waals surface area (Å²) in [6, 6.07) is 0. The molecule has 0 spiro atoms. The van der Waals surface area contributed by atoms with Crippen molar-refractivity contribution in [3.8, 4) is 0 Å². The third-order valence-corrected chi connectivity index (χ3v) is 4.16. The molecule has 2 atom stereocenters. The number of hydrogen-bond donors (Lipinski definition) is 0. The zero-order valence-electron chi connectivity index (χ0n) is 15.9. The molecule has 2 unspecified atom stereocenters. The predicted octanol–water partition coefficient (Wildman–Crippen LogP) is -4.71. The molecule has 12 heteroatoms. The third kappa shape index (κ3) is 22.6. The molecule has 0 saturated heterocycles. The number of halogens is 2. The molecule has 0 heterocycles. The zero-order valence-corrected chi connectivity index (χ0v) is 19.0. The Morgan fingerprint density at radius 1 is 0.724 bits per heavy atom. The molecule has 0 fully saturated rings. The van der Waals surface area contributed by atoms with Crippen LogP contribution in [0.25, 0.3) is 0 Å². The number of hydrogen-bond acceptors (Lipinski definition) is 9. The average Bonchev–Trinajstić information content (AvgIpc) is 2.45. The van der Waals surface area contributed by atoms with Gasteiger partial charge in [0.25, 0.3) is 0 Å². The Kier molecular flexibility index (Phi) is 18.1. The molecule has 2 aliphatic rings. The van der Waals surface area contributed by atoms with Crippen LogP contribution in [-0.4, -0.2) is 13.2 Å². The van der Waals surface area contributed by atoms with Gasteiger partial charge in [-0.2, -0.15) is 0 Å². The number of methoxy groups -OCH3 is 1. The maximum absolute atomic E-state index is 8.49. The molecule has 172 valence electrons. The van der Waals surface area contributed by atoms with Crippen molar-refractivity contribution in [3.05, 3.63) is 36.0 Å². The summed E-state index contributed by atoms with van der Waals surface area (Å²) >= 11 is 0. The Balaban J connectivity index is 0. The van der Waals surface area contributed by atoms with Crippen molar-refractivity contribution in [1.29, 1.82) is 0 Å². The number of rotatable bonds is 2.